The first-order valence-electron chi connectivity index (χ1n) is 7.94. The van der Waals surface area contributed by atoms with Gasteiger partial charge in [-0.3, -0.25) is 14.0 Å². The fourth-order valence-corrected chi connectivity index (χ4v) is 3.70. The van der Waals surface area contributed by atoms with Crippen molar-refractivity contribution in [1.82, 2.24) is 15.0 Å². The molecule has 7 nitrogen and oxygen atoms in total. The molecule has 3 aromatic rings. The molecule has 2 heterocycles. The molecule has 1 atom stereocenters. The van der Waals surface area contributed by atoms with Crippen LogP contribution in [0.2, 0.25) is 0 Å². The molecule has 0 radical (unpaired) electrons. The van der Waals surface area contributed by atoms with Gasteiger partial charge in [-0.1, -0.05) is 0 Å². The lowest BCUT2D eigenvalue weighted by molar-refractivity contribution is -0.131. The molecule has 0 aliphatic heterocycles. The number of methoxy groups -OCH3 is 1. The fraction of sp³-hybridized carbons (Fsp3) is 0.278. The molecule has 2 aromatic heterocycles. The van der Waals surface area contributed by atoms with E-state index in [1.165, 1.54) is 6.92 Å². The summed E-state index contributed by atoms with van der Waals surface area (Å²) in [7, 11) is 0.163. The van der Waals surface area contributed by atoms with Gasteiger partial charge in [0.05, 0.1) is 40.4 Å². The van der Waals surface area contributed by atoms with E-state index in [-0.39, 0.29) is 5.75 Å². The minimum absolute atomic E-state index is 0.164. The van der Waals surface area contributed by atoms with E-state index in [2.05, 4.69) is 15.0 Å². The number of hydrogen-bond acceptors (Lipinski definition) is 6. The average molecular weight is 373 g/mol. The smallest absolute Gasteiger partial charge is 0.308 e. The van der Waals surface area contributed by atoms with Crippen molar-refractivity contribution < 1.29 is 18.5 Å². The molecule has 8 heteroatoms. The summed E-state index contributed by atoms with van der Waals surface area (Å²) in [6.45, 7) is 4.96. The second-order valence-electron chi connectivity index (χ2n) is 5.85. The number of nitrogens with zero attached hydrogens (tertiary/aromatic N) is 2. The molecule has 0 bridgehead atoms. The zero-order valence-corrected chi connectivity index (χ0v) is 15.8. The van der Waals surface area contributed by atoms with Crippen molar-refractivity contribution in [1.29, 1.82) is 0 Å². The predicted octanol–water partition coefficient (Wildman–Crippen LogP) is 2.82. The van der Waals surface area contributed by atoms with Gasteiger partial charge >= 0.3 is 5.97 Å². The molecule has 0 fully saturated rings. The van der Waals surface area contributed by atoms with Gasteiger partial charge in [0.15, 0.2) is 5.16 Å². The van der Waals surface area contributed by atoms with E-state index >= 15 is 0 Å². The first kappa shape index (κ1) is 18.1. The fourth-order valence-electron chi connectivity index (χ4n) is 2.60. The molecule has 0 saturated carbocycles. The number of pyridine rings is 1. The number of ether oxygens (including phenoxy) is 2. The number of nitrogens with one attached hydrogen (secondary N) is 1. The molecule has 3 rings (SSSR count). The SMILES string of the molecule is COc1ccc2nc(S(=O)Cc3ncc(C)c(OC(C)=O)c3C)[nH]c2c1. The van der Waals surface area contributed by atoms with Gasteiger partial charge < -0.3 is 14.5 Å². The zero-order chi connectivity index (χ0) is 18.8. The third-order valence-corrected chi connectivity index (χ3v) is 5.10. The highest BCUT2D eigenvalue weighted by molar-refractivity contribution is 7.84. The van der Waals surface area contributed by atoms with Crippen molar-refractivity contribution in [3.8, 4) is 11.5 Å². The summed E-state index contributed by atoms with van der Waals surface area (Å²) in [6, 6.07) is 5.41. The molecule has 1 aromatic carbocycles. The van der Waals surface area contributed by atoms with Gasteiger partial charge in [0.25, 0.3) is 0 Å². The number of benzene rings is 1. The lowest BCUT2D eigenvalue weighted by Crippen LogP contribution is -2.09. The molecule has 0 aliphatic carbocycles. The Bertz CT molecular complexity index is 1010. The molecule has 0 spiro atoms. The number of aromatic nitrogens is 3. The first-order valence-corrected chi connectivity index (χ1v) is 9.26. The van der Waals surface area contributed by atoms with Crippen molar-refractivity contribution in [3.05, 3.63) is 41.2 Å². The Hall–Kier alpha value is -2.74. The van der Waals surface area contributed by atoms with Gasteiger partial charge in [-0.2, -0.15) is 0 Å². The Kier molecular flexibility index (Phi) is 5.03. The van der Waals surface area contributed by atoms with Gasteiger partial charge in [-0.25, -0.2) is 4.98 Å². The monoisotopic (exact) mass is 373 g/mol. The number of H-pyrrole nitrogens is 1. The van der Waals surface area contributed by atoms with E-state index in [9.17, 15) is 9.00 Å². The van der Waals surface area contributed by atoms with Crippen molar-refractivity contribution in [2.24, 2.45) is 0 Å². The van der Waals surface area contributed by atoms with Crippen LogP contribution < -0.4 is 9.47 Å². The standard InChI is InChI=1S/C18H19N3O4S/c1-10-8-19-16(11(2)17(10)25-12(3)22)9-26(23)18-20-14-6-5-13(24-4)7-15(14)21-18/h5-8H,9H2,1-4H3,(H,20,21). The molecule has 0 saturated heterocycles. The number of carbonyl (C=O) groups is 1. The highest BCUT2D eigenvalue weighted by Crippen LogP contribution is 2.26. The number of esters is 1. The van der Waals surface area contributed by atoms with Crippen LogP contribution in [0.25, 0.3) is 11.0 Å². The van der Waals surface area contributed by atoms with Gasteiger partial charge in [-0.15, -0.1) is 0 Å². The van der Waals surface area contributed by atoms with Gasteiger partial charge in [0.2, 0.25) is 0 Å². The first-order chi connectivity index (χ1) is 12.4. The number of hydrogen-bond donors (Lipinski definition) is 1. The third-order valence-electron chi connectivity index (χ3n) is 3.94. The Morgan fingerprint density at radius 1 is 1.31 bits per heavy atom. The molecule has 0 aliphatic rings. The van der Waals surface area contributed by atoms with Crippen LogP contribution in [0.3, 0.4) is 0 Å². The molecule has 26 heavy (non-hydrogen) atoms. The average Bonchev–Trinajstić information content (AvgIpc) is 3.04. The molecule has 1 N–H and O–H groups in total. The quantitative estimate of drug-likeness (QED) is 0.691. The van der Waals surface area contributed by atoms with E-state index in [4.69, 9.17) is 9.47 Å². The summed E-state index contributed by atoms with van der Waals surface area (Å²) >= 11 is 0. The number of carbonyl (C=O) groups excluding carboxylic acids is 1. The van der Waals surface area contributed by atoms with E-state index in [0.29, 0.717) is 33.4 Å². The maximum atomic E-state index is 12.7. The zero-order valence-electron chi connectivity index (χ0n) is 15.0. The van der Waals surface area contributed by atoms with E-state index in [1.54, 1.807) is 38.4 Å². The molecule has 0 amide bonds. The predicted molar refractivity (Wildman–Crippen MR) is 97.8 cm³/mol. The van der Waals surface area contributed by atoms with Crippen molar-refractivity contribution in [2.75, 3.05) is 7.11 Å². The van der Waals surface area contributed by atoms with Crippen LogP contribution in [0.5, 0.6) is 11.5 Å². The topological polar surface area (TPSA) is 94.2 Å². The second kappa shape index (κ2) is 7.25. The lowest BCUT2D eigenvalue weighted by atomic mass is 10.1. The number of aryl methyl sites for hydroxylation is 1. The highest BCUT2D eigenvalue weighted by Gasteiger charge is 2.17. The van der Waals surface area contributed by atoms with Crippen LogP contribution in [0.1, 0.15) is 23.7 Å². The van der Waals surface area contributed by atoms with Gasteiger partial charge in [0.1, 0.15) is 11.5 Å². The second-order valence-corrected chi connectivity index (χ2v) is 7.22. The van der Waals surface area contributed by atoms with Crippen LogP contribution in [-0.4, -0.2) is 32.2 Å². The largest absolute Gasteiger partial charge is 0.497 e. The Labute approximate surface area is 153 Å². The van der Waals surface area contributed by atoms with E-state index in [0.717, 1.165) is 11.1 Å². The van der Waals surface area contributed by atoms with Crippen LogP contribution >= 0.6 is 0 Å². The minimum atomic E-state index is -1.42. The van der Waals surface area contributed by atoms with Crippen molar-refractivity contribution >= 4 is 27.8 Å². The van der Waals surface area contributed by atoms with Gasteiger partial charge in [0, 0.05) is 30.3 Å². The summed E-state index contributed by atoms with van der Waals surface area (Å²) in [4.78, 5) is 23.1. The van der Waals surface area contributed by atoms with E-state index in [1.807, 2.05) is 6.92 Å². The Morgan fingerprint density at radius 3 is 2.77 bits per heavy atom. The van der Waals surface area contributed by atoms with Crippen LogP contribution in [0, 0.1) is 13.8 Å². The summed E-state index contributed by atoms with van der Waals surface area (Å²) in [6.07, 6.45) is 1.61. The summed E-state index contributed by atoms with van der Waals surface area (Å²) in [5, 5.41) is 0.365. The minimum Gasteiger partial charge on any atom is -0.497 e. The van der Waals surface area contributed by atoms with E-state index < -0.39 is 16.8 Å². The maximum absolute atomic E-state index is 12.7. The summed E-state index contributed by atoms with van der Waals surface area (Å²) in [5.41, 5.74) is 3.52. The van der Waals surface area contributed by atoms with Gasteiger partial charge in [-0.05, 0) is 26.0 Å². The summed E-state index contributed by atoms with van der Waals surface area (Å²) < 4.78 is 23.2. The normalized spacial score (nSPS) is 12.2. The molecule has 136 valence electrons. The van der Waals surface area contributed by atoms with Crippen LogP contribution in [0.4, 0.5) is 0 Å². The Morgan fingerprint density at radius 2 is 2.08 bits per heavy atom. The third kappa shape index (κ3) is 3.60. The summed E-state index contributed by atoms with van der Waals surface area (Å²) in [5.74, 6) is 0.923. The molecular formula is C18H19N3O4S. The number of imidazole rings is 1. The number of rotatable bonds is 5. The Balaban J connectivity index is 1.89. The van der Waals surface area contributed by atoms with Crippen molar-refractivity contribution in [2.45, 2.75) is 31.7 Å². The number of aromatic amines is 1. The maximum Gasteiger partial charge on any atom is 0.308 e. The highest BCUT2D eigenvalue weighted by atomic mass is 32.2. The number of fused-ring (bicyclic) bond motifs is 1. The van der Waals surface area contributed by atoms with Crippen molar-refractivity contribution in [3.63, 3.8) is 0 Å². The lowest BCUT2D eigenvalue weighted by Gasteiger charge is -2.12. The molecular weight excluding hydrogens is 354 g/mol. The molecule has 1 unspecified atom stereocenters. The van der Waals surface area contributed by atoms with Crippen LogP contribution in [-0.2, 0) is 21.3 Å². The van der Waals surface area contributed by atoms with Crippen LogP contribution in [0.15, 0.2) is 29.6 Å².